The smallest absolute Gasteiger partial charge is 0.307 e. The summed E-state index contributed by atoms with van der Waals surface area (Å²) < 4.78 is 18.7. The summed E-state index contributed by atoms with van der Waals surface area (Å²) in [5.41, 5.74) is 0.169. The second-order valence-electron chi connectivity index (χ2n) is 6.21. The van der Waals surface area contributed by atoms with Crippen molar-refractivity contribution in [2.24, 2.45) is 5.92 Å². The zero-order valence-electron chi connectivity index (χ0n) is 14.7. The van der Waals surface area contributed by atoms with E-state index in [4.69, 9.17) is 4.74 Å². The van der Waals surface area contributed by atoms with E-state index >= 15 is 0 Å². The van der Waals surface area contributed by atoms with E-state index in [1.54, 1.807) is 12.1 Å². The van der Waals surface area contributed by atoms with Crippen molar-refractivity contribution in [2.75, 3.05) is 18.6 Å². The molecular formula is C19H19FN2O4S. The maximum Gasteiger partial charge on any atom is 0.307 e. The first-order valence-electron chi connectivity index (χ1n) is 8.45. The lowest BCUT2D eigenvalue weighted by Crippen LogP contribution is -2.36. The Bertz CT molecular complexity index is 840. The van der Waals surface area contributed by atoms with Crippen molar-refractivity contribution >= 4 is 34.8 Å². The summed E-state index contributed by atoms with van der Waals surface area (Å²) in [4.78, 5) is 38.8. The average Bonchev–Trinajstić information content (AvgIpc) is 3.31. The molecule has 142 valence electrons. The van der Waals surface area contributed by atoms with Crippen molar-refractivity contribution in [1.82, 2.24) is 5.32 Å². The van der Waals surface area contributed by atoms with Gasteiger partial charge in [0.1, 0.15) is 5.82 Å². The number of carbonyl (C=O) groups excluding carboxylic acids is 3. The van der Waals surface area contributed by atoms with Gasteiger partial charge in [-0.15, -0.1) is 11.3 Å². The predicted molar refractivity (Wildman–Crippen MR) is 98.7 cm³/mol. The first-order chi connectivity index (χ1) is 13.0. The van der Waals surface area contributed by atoms with Gasteiger partial charge >= 0.3 is 5.97 Å². The number of anilines is 1. The molecule has 6 nitrogen and oxygen atoms in total. The number of nitrogens with one attached hydrogen (secondary N) is 1. The molecule has 0 bridgehead atoms. The highest BCUT2D eigenvalue weighted by atomic mass is 32.1. The van der Waals surface area contributed by atoms with E-state index in [9.17, 15) is 18.8 Å². The summed E-state index contributed by atoms with van der Waals surface area (Å²) in [7, 11) is 1.29. The van der Waals surface area contributed by atoms with Crippen molar-refractivity contribution in [1.29, 1.82) is 0 Å². The molecule has 2 amide bonds. The van der Waals surface area contributed by atoms with Gasteiger partial charge < -0.3 is 15.0 Å². The molecule has 1 saturated heterocycles. The van der Waals surface area contributed by atoms with Crippen molar-refractivity contribution in [3.8, 4) is 0 Å². The number of hydrogen-bond donors (Lipinski definition) is 1. The molecule has 0 saturated carbocycles. The summed E-state index contributed by atoms with van der Waals surface area (Å²) in [6.45, 7) is 0.0982. The number of para-hydroxylation sites is 1. The Labute approximate surface area is 159 Å². The first kappa shape index (κ1) is 19.0. The first-order valence-corrected chi connectivity index (χ1v) is 9.33. The monoisotopic (exact) mass is 390 g/mol. The number of hydrogen-bond acceptors (Lipinski definition) is 5. The Hall–Kier alpha value is -2.74. The van der Waals surface area contributed by atoms with Crippen LogP contribution < -0.4 is 10.2 Å². The van der Waals surface area contributed by atoms with Crippen LogP contribution in [-0.4, -0.2) is 31.4 Å². The molecule has 1 aliphatic rings. The largest absolute Gasteiger partial charge is 0.469 e. The minimum atomic E-state index is -0.614. The molecule has 2 unspecified atom stereocenters. The van der Waals surface area contributed by atoms with E-state index in [0.717, 1.165) is 4.88 Å². The molecule has 1 aliphatic heterocycles. The number of halogens is 1. The summed E-state index contributed by atoms with van der Waals surface area (Å²) in [6, 6.07) is 9.10. The van der Waals surface area contributed by atoms with E-state index < -0.39 is 23.7 Å². The van der Waals surface area contributed by atoms with Crippen molar-refractivity contribution in [2.45, 2.75) is 18.9 Å². The van der Waals surface area contributed by atoms with Gasteiger partial charge in [0.15, 0.2) is 0 Å². The van der Waals surface area contributed by atoms with E-state index in [1.165, 1.54) is 35.5 Å². The number of thiophene rings is 1. The maximum atomic E-state index is 14.0. The molecular weight excluding hydrogens is 371 g/mol. The topological polar surface area (TPSA) is 75.7 Å². The van der Waals surface area contributed by atoms with E-state index in [1.807, 2.05) is 17.5 Å². The van der Waals surface area contributed by atoms with Crippen LogP contribution >= 0.6 is 11.3 Å². The number of amides is 2. The van der Waals surface area contributed by atoms with Crippen LogP contribution in [0.3, 0.4) is 0 Å². The maximum absolute atomic E-state index is 14.0. The number of ether oxygens (including phenoxy) is 1. The minimum Gasteiger partial charge on any atom is -0.469 e. The fourth-order valence-corrected chi connectivity index (χ4v) is 3.82. The molecule has 3 rings (SSSR count). The van der Waals surface area contributed by atoms with Gasteiger partial charge in [-0.25, -0.2) is 4.39 Å². The lowest BCUT2D eigenvalue weighted by molar-refractivity contribution is -0.141. The van der Waals surface area contributed by atoms with E-state index in [-0.39, 0.29) is 36.9 Å². The van der Waals surface area contributed by atoms with Crippen LogP contribution in [0, 0.1) is 11.7 Å². The van der Waals surface area contributed by atoms with Crippen LogP contribution in [0.4, 0.5) is 10.1 Å². The third kappa shape index (κ3) is 4.33. The van der Waals surface area contributed by atoms with Gasteiger partial charge in [0.05, 0.1) is 31.2 Å². The van der Waals surface area contributed by atoms with Crippen LogP contribution in [0.5, 0.6) is 0 Å². The van der Waals surface area contributed by atoms with Crippen LogP contribution in [-0.2, 0) is 19.1 Å². The van der Waals surface area contributed by atoms with Crippen molar-refractivity contribution in [3.63, 3.8) is 0 Å². The van der Waals surface area contributed by atoms with Gasteiger partial charge in [0.2, 0.25) is 11.8 Å². The van der Waals surface area contributed by atoms with Gasteiger partial charge in [0, 0.05) is 17.8 Å². The molecule has 2 heterocycles. The highest BCUT2D eigenvalue weighted by Crippen LogP contribution is 2.29. The summed E-state index contributed by atoms with van der Waals surface area (Å²) in [6.07, 6.45) is -0.00397. The number of carbonyl (C=O) groups is 3. The van der Waals surface area contributed by atoms with Crippen LogP contribution in [0.15, 0.2) is 41.8 Å². The second-order valence-corrected chi connectivity index (χ2v) is 7.19. The zero-order valence-corrected chi connectivity index (χ0v) is 15.5. The van der Waals surface area contributed by atoms with Gasteiger partial charge in [-0.3, -0.25) is 14.4 Å². The molecule has 0 aliphatic carbocycles. The molecule has 1 N–H and O–H groups in total. The van der Waals surface area contributed by atoms with E-state index in [2.05, 4.69) is 5.32 Å². The predicted octanol–water partition coefficient (Wildman–Crippen LogP) is 2.66. The number of rotatable bonds is 6. The highest BCUT2D eigenvalue weighted by molar-refractivity contribution is 7.10. The Balaban J connectivity index is 1.71. The van der Waals surface area contributed by atoms with Crippen molar-refractivity contribution < 1.29 is 23.5 Å². The lowest BCUT2D eigenvalue weighted by Gasteiger charge is -2.20. The number of methoxy groups -OCH3 is 1. The van der Waals surface area contributed by atoms with Gasteiger partial charge in [-0.2, -0.15) is 0 Å². The molecule has 8 heteroatoms. The lowest BCUT2D eigenvalue weighted by atomic mass is 10.1. The van der Waals surface area contributed by atoms with Crippen LogP contribution in [0.2, 0.25) is 0 Å². The number of nitrogens with zero attached hydrogens (tertiary/aromatic N) is 1. The SMILES string of the molecule is COC(=O)CC(NC(=O)C1CC(=O)N(c2ccccc2F)C1)c1cccs1. The zero-order chi connectivity index (χ0) is 19.4. The Morgan fingerprint density at radius 2 is 2.11 bits per heavy atom. The van der Waals surface area contributed by atoms with Crippen molar-refractivity contribution in [3.05, 3.63) is 52.5 Å². The summed E-state index contributed by atoms with van der Waals surface area (Å²) in [5.74, 6) is -2.21. The Morgan fingerprint density at radius 1 is 1.33 bits per heavy atom. The Kier molecular flexibility index (Phi) is 5.85. The van der Waals surface area contributed by atoms with E-state index in [0.29, 0.717) is 0 Å². The Morgan fingerprint density at radius 3 is 2.78 bits per heavy atom. The third-order valence-corrected chi connectivity index (χ3v) is 5.43. The average molecular weight is 390 g/mol. The highest BCUT2D eigenvalue weighted by Gasteiger charge is 2.37. The number of esters is 1. The molecule has 27 heavy (non-hydrogen) atoms. The molecule has 0 spiro atoms. The number of benzene rings is 1. The molecule has 0 radical (unpaired) electrons. The molecule has 2 atom stereocenters. The summed E-state index contributed by atoms with van der Waals surface area (Å²) >= 11 is 1.42. The molecule has 1 aromatic carbocycles. The normalized spacial score (nSPS) is 17.6. The third-order valence-electron chi connectivity index (χ3n) is 4.44. The standard InChI is InChI=1S/C19H19FN2O4S/c1-26-18(24)10-14(16-7-4-8-27-16)21-19(25)12-9-17(23)22(11-12)15-6-3-2-5-13(15)20/h2-8,12,14H,9-11H2,1H3,(H,21,25). The minimum absolute atomic E-state index is 0.000444. The quantitative estimate of drug-likeness (QED) is 0.770. The van der Waals surface area contributed by atoms with Gasteiger partial charge in [-0.05, 0) is 23.6 Å². The summed E-state index contributed by atoms with van der Waals surface area (Å²) in [5, 5.41) is 4.68. The fraction of sp³-hybridized carbons (Fsp3) is 0.316. The van der Waals surface area contributed by atoms with Crippen LogP contribution in [0.1, 0.15) is 23.8 Å². The van der Waals surface area contributed by atoms with Gasteiger partial charge in [0.25, 0.3) is 0 Å². The molecule has 1 fully saturated rings. The molecule has 1 aromatic heterocycles. The fourth-order valence-electron chi connectivity index (χ4n) is 3.04. The van der Waals surface area contributed by atoms with Gasteiger partial charge in [-0.1, -0.05) is 18.2 Å². The molecule has 2 aromatic rings. The second kappa shape index (κ2) is 8.30. The van der Waals surface area contributed by atoms with Crippen LogP contribution in [0.25, 0.3) is 0 Å².